The van der Waals surface area contributed by atoms with E-state index in [0.29, 0.717) is 30.1 Å². The van der Waals surface area contributed by atoms with E-state index in [-0.39, 0.29) is 31.7 Å². The lowest BCUT2D eigenvalue weighted by Gasteiger charge is -2.25. The first-order chi connectivity index (χ1) is 22.8. The number of hydrogen-bond acceptors (Lipinski definition) is 5. The van der Waals surface area contributed by atoms with Crippen LogP contribution in [0.15, 0.2) is 90.6 Å². The van der Waals surface area contributed by atoms with Gasteiger partial charge in [0.1, 0.15) is 6.29 Å². The zero-order chi connectivity index (χ0) is 34.9. The van der Waals surface area contributed by atoms with Gasteiger partial charge in [-0.15, -0.1) is 0 Å². The van der Waals surface area contributed by atoms with Crippen molar-refractivity contribution < 1.29 is 24.5 Å². The van der Waals surface area contributed by atoms with Crippen molar-refractivity contribution in [3.63, 3.8) is 0 Å². The summed E-state index contributed by atoms with van der Waals surface area (Å²) in [5.41, 5.74) is 7.78. The lowest BCUT2D eigenvalue weighted by Crippen LogP contribution is -2.18. The average molecular weight is 647 g/mol. The molecule has 0 radical (unpaired) electrons. The first-order valence-electron chi connectivity index (χ1n) is 17.8. The zero-order valence-corrected chi connectivity index (χ0v) is 29.7. The maximum absolute atomic E-state index is 11.8. The highest BCUT2D eigenvalue weighted by Gasteiger charge is 2.20. The van der Waals surface area contributed by atoms with Crippen LogP contribution in [0.3, 0.4) is 0 Å². The molecule has 0 fully saturated rings. The molecule has 0 aromatic heterocycles. The number of aryl methyl sites for hydroxylation is 3. The van der Waals surface area contributed by atoms with Crippen LogP contribution in [0.5, 0.6) is 0 Å². The van der Waals surface area contributed by atoms with Crippen molar-refractivity contribution in [3.8, 4) is 0 Å². The molecule has 1 aromatic rings. The van der Waals surface area contributed by atoms with E-state index < -0.39 is 0 Å². The minimum Gasteiger partial charge on any atom is -0.462 e. The van der Waals surface area contributed by atoms with Crippen molar-refractivity contribution in [2.24, 2.45) is 17.8 Å². The topological polar surface area (TPSA) is 83.8 Å². The molecule has 2 aliphatic rings. The van der Waals surface area contributed by atoms with Gasteiger partial charge in [-0.3, -0.25) is 4.79 Å². The van der Waals surface area contributed by atoms with Crippen LogP contribution in [0, 0.1) is 17.8 Å². The highest BCUT2D eigenvalue weighted by molar-refractivity contribution is 5.87. The van der Waals surface area contributed by atoms with Gasteiger partial charge in [0.25, 0.3) is 0 Å². The molecule has 5 nitrogen and oxygen atoms in total. The molecule has 0 saturated carbocycles. The van der Waals surface area contributed by atoms with Crippen molar-refractivity contribution in [2.45, 2.75) is 105 Å². The van der Waals surface area contributed by atoms with Crippen LogP contribution in [-0.2, 0) is 33.6 Å². The molecule has 3 rings (SSSR count). The normalized spacial score (nSPS) is 16.6. The Morgan fingerprint density at radius 2 is 1.51 bits per heavy atom. The number of aldehydes is 1. The predicted octanol–water partition coefficient (Wildman–Crippen LogP) is 9.19. The molecule has 1 aromatic carbocycles. The van der Waals surface area contributed by atoms with Crippen LogP contribution in [0.4, 0.5) is 0 Å². The van der Waals surface area contributed by atoms with E-state index in [1.54, 1.807) is 6.92 Å². The molecule has 47 heavy (non-hydrogen) atoms. The molecule has 0 heterocycles. The highest BCUT2D eigenvalue weighted by Crippen LogP contribution is 2.33. The van der Waals surface area contributed by atoms with E-state index in [1.807, 2.05) is 6.92 Å². The number of hydrogen-bond donors (Lipinski definition) is 2. The summed E-state index contributed by atoms with van der Waals surface area (Å²) in [6.45, 7) is 15.5. The van der Waals surface area contributed by atoms with Crippen molar-refractivity contribution in [2.75, 3.05) is 19.8 Å². The van der Waals surface area contributed by atoms with Gasteiger partial charge in [-0.25, -0.2) is 4.79 Å². The maximum Gasteiger partial charge on any atom is 0.333 e. The van der Waals surface area contributed by atoms with Gasteiger partial charge in [-0.1, -0.05) is 119 Å². The zero-order valence-electron chi connectivity index (χ0n) is 29.7. The summed E-state index contributed by atoms with van der Waals surface area (Å²) in [5, 5.41) is 17.2. The first kappa shape index (κ1) is 41.7. The average Bonchev–Trinajstić information content (AvgIpc) is 3.10. The molecule has 3 unspecified atom stereocenters. The number of benzene rings is 1. The summed E-state index contributed by atoms with van der Waals surface area (Å²) in [6.07, 6.45) is 29.3. The second kappa shape index (κ2) is 25.8. The summed E-state index contributed by atoms with van der Waals surface area (Å²) in [4.78, 5) is 20.9. The molecule has 260 valence electrons. The summed E-state index contributed by atoms with van der Waals surface area (Å²) in [5.74, 6) is 0.687. The Labute approximate surface area is 285 Å². The van der Waals surface area contributed by atoms with Gasteiger partial charge in [-0.2, -0.15) is 0 Å². The Morgan fingerprint density at radius 1 is 0.894 bits per heavy atom. The van der Waals surface area contributed by atoms with E-state index in [4.69, 9.17) is 14.6 Å². The lowest BCUT2D eigenvalue weighted by atomic mass is 9.79. The fourth-order valence-electron chi connectivity index (χ4n) is 5.69. The number of carbonyl (C=O) groups excluding carboxylic acids is 2. The van der Waals surface area contributed by atoms with Crippen LogP contribution < -0.4 is 0 Å². The quantitative estimate of drug-likeness (QED) is 0.0678. The first-order valence-corrected chi connectivity index (χ1v) is 17.8. The summed E-state index contributed by atoms with van der Waals surface area (Å²) in [6, 6.07) is 7.03. The monoisotopic (exact) mass is 646 g/mol. The molecule has 0 bridgehead atoms. The number of unbranched alkanes of at least 4 members (excludes halogenated alkanes) is 3. The second-order valence-electron chi connectivity index (χ2n) is 12.3. The molecule has 0 saturated heterocycles. The molecule has 3 atom stereocenters. The van der Waals surface area contributed by atoms with Crippen molar-refractivity contribution in [1.82, 2.24) is 0 Å². The highest BCUT2D eigenvalue weighted by atomic mass is 16.5. The third-order valence-electron chi connectivity index (χ3n) is 8.57. The van der Waals surface area contributed by atoms with Crippen LogP contribution >= 0.6 is 0 Å². The molecule has 5 heteroatoms. The van der Waals surface area contributed by atoms with Gasteiger partial charge in [0, 0.05) is 36.5 Å². The Morgan fingerprint density at radius 3 is 2.06 bits per heavy atom. The number of carbonyl (C=O) groups is 2. The Kier molecular flexibility index (Phi) is 22.9. The van der Waals surface area contributed by atoms with E-state index in [9.17, 15) is 9.90 Å². The number of esters is 1. The molecule has 0 amide bonds. The maximum atomic E-state index is 11.8. The number of allylic oxidation sites excluding steroid dienone is 9. The minimum atomic E-state index is -0.345. The third-order valence-corrected chi connectivity index (χ3v) is 8.57. The molecular weight excluding hydrogens is 584 g/mol. The fourth-order valence-corrected chi connectivity index (χ4v) is 5.69. The van der Waals surface area contributed by atoms with E-state index in [1.165, 1.54) is 59.6 Å². The smallest absolute Gasteiger partial charge is 0.333 e. The van der Waals surface area contributed by atoms with Gasteiger partial charge in [0.05, 0.1) is 6.61 Å². The predicted molar refractivity (Wildman–Crippen MR) is 197 cm³/mol. The lowest BCUT2D eigenvalue weighted by molar-refractivity contribution is -0.141. The van der Waals surface area contributed by atoms with Crippen LogP contribution in [0.1, 0.15) is 102 Å². The fraction of sp³-hybridized carbons (Fsp3) is 0.524. The minimum absolute atomic E-state index is 0.00595. The van der Waals surface area contributed by atoms with Crippen LogP contribution in [0.25, 0.3) is 0 Å². The molecule has 2 aliphatic carbocycles. The van der Waals surface area contributed by atoms with Gasteiger partial charge in [-0.05, 0) is 87.5 Å². The third kappa shape index (κ3) is 16.9. The standard InChI is InChI=1S/C37H52O3.C3H4O.C2H6O/c1-5-8-9-12-30-17-21-36-25-31(18-22-35(36)24-30)16-20-34-19-15-29(23-33(34)7-3)13-10-11-14-32(26-38)27-40-37(39)28(4)6-2;1-2-3-4;1-2-3/h15,17-19,21-25,32,35-36,38H,4-14,16,20,26-27H2,1-3H3;2-3H,1H2;3H,2H2,1H3. The molecular formula is C42H62O5. The molecule has 0 spiro atoms. The Bertz CT molecular complexity index is 1200. The second-order valence-corrected chi connectivity index (χ2v) is 12.3. The number of rotatable bonds is 19. The van der Waals surface area contributed by atoms with Crippen LogP contribution in [0.2, 0.25) is 0 Å². The van der Waals surface area contributed by atoms with E-state index in [2.05, 4.69) is 81.7 Å². The number of aliphatic hydroxyl groups excluding tert-OH is 2. The number of ether oxygens (including phenoxy) is 1. The molecule has 2 N–H and O–H groups in total. The van der Waals surface area contributed by atoms with Crippen molar-refractivity contribution >= 4 is 12.3 Å². The SMILES string of the molecule is C=C(CC)C(=O)OCC(CO)CCCCc1ccc(CCC2=CC3C=CC(CCCCC)=CC3C=C2)c(CC)c1.C=CC=O.CCO. The number of aliphatic hydroxyl groups is 2. The summed E-state index contributed by atoms with van der Waals surface area (Å²) < 4.78 is 5.31. The summed E-state index contributed by atoms with van der Waals surface area (Å²) >= 11 is 0. The van der Waals surface area contributed by atoms with Gasteiger partial charge < -0.3 is 14.9 Å². The number of fused-ring (bicyclic) bond motifs is 1. The summed E-state index contributed by atoms with van der Waals surface area (Å²) in [7, 11) is 0. The Balaban J connectivity index is 0.00000144. The van der Waals surface area contributed by atoms with Gasteiger partial charge in [0.2, 0.25) is 0 Å². The largest absolute Gasteiger partial charge is 0.462 e. The van der Waals surface area contributed by atoms with Crippen LogP contribution in [-0.4, -0.2) is 42.3 Å². The van der Waals surface area contributed by atoms with Crippen molar-refractivity contribution in [3.05, 3.63) is 107 Å². The van der Waals surface area contributed by atoms with E-state index >= 15 is 0 Å². The van der Waals surface area contributed by atoms with Crippen molar-refractivity contribution in [1.29, 1.82) is 0 Å². The van der Waals surface area contributed by atoms with E-state index in [0.717, 1.165) is 44.9 Å². The van der Waals surface area contributed by atoms with Gasteiger partial charge >= 0.3 is 5.97 Å². The Hall–Kier alpha value is -3.28. The molecule has 0 aliphatic heterocycles. The van der Waals surface area contributed by atoms with Gasteiger partial charge in [0.15, 0.2) is 0 Å².